The minimum Gasteiger partial charge on any atom is -0.347 e. The molecule has 0 fully saturated rings. The highest BCUT2D eigenvalue weighted by molar-refractivity contribution is 7.99. The van der Waals surface area contributed by atoms with Crippen LogP contribution >= 0.6 is 11.8 Å². The van der Waals surface area contributed by atoms with E-state index in [0.29, 0.717) is 5.56 Å². The number of anilines is 1. The molecule has 0 atom stereocenters. The van der Waals surface area contributed by atoms with E-state index in [4.69, 9.17) is 4.98 Å². The van der Waals surface area contributed by atoms with Crippen molar-refractivity contribution >= 4 is 45.2 Å². The van der Waals surface area contributed by atoms with E-state index in [0.717, 1.165) is 43.5 Å². The van der Waals surface area contributed by atoms with Crippen molar-refractivity contribution in [2.75, 3.05) is 11.9 Å². The predicted octanol–water partition coefficient (Wildman–Crippen LogP) is 6.76. The number of pyridine rings is 1. The molecule has 0 amide bonds. The third kappa shape index (κ3) is 3.61. The molecule has 5 aromatic rings. The number of hydrogen-bond donors (Lipinski definition) is 1. The average molecular weight is 477 g/mol. The molecular weight excluding hydrogens is 452 g/mol. The Morgan fingerprint density at radius 2 is 1.66 bits per heavy atom. The minimum absolute atomic E-state index is 0.0298. The van der Waals surface area contributed by atoms with Crippen molar-refractivity contribution in [2.24, 2.45) is 0 Å². The maximum Gasteiger partial charge on any atom is 0.188 e. The van der Waals surface area contributed by atoms with Gasteiger partial charge in [-0.3, -0.25) is 4.79 Å². The number of hydrogen-bond acceptors (Lipinski definition) is 5. The van der Waals surface area contributed by atoms with Gasteiger partial charge < -0.3 is 9.88 Å². The number of rotatable bonds is 4. The molecular formula is C29H24N4OS. The second kappa shape index (κ2) is 8.10. The van der Waals surface area contributed by atoms with E-state index >= 15 is 0 Å². The number of nitrogens with zero attached hydrogens (tertiary/aromatic N) is 3. The summed E-state index contributed by atoms with van der Waals surface area (Å²) in [7, 11) is 2.03. The first-order chi connectivity index (χ1) is 16.9. The van der Waals surface area contributed by atoms with Crippen molar-refractivity contribution in [3.63, 3.8) is 0 Å². The fraction of sp³-hybridized carbons (Fsp3) is 0.138. The summed E-state index contributed by atoms with van der Waals surface area (Å²) >= 11 is 1.43. The number of nitrogens with one attached hydrogen (secondary N) is 1. The molecule has 35 heavy (non-hydrogen) atoms. The molecule has 1 aliphatic heterocycles. The third-order valence-corrected chi connectivity index (χ3v) is 7.54. The summed E-state index contributed by atoms with van der Waals surface area (Å²) in [5.41, 5.74) is 6.39. The summed E-state index contributed by atoms with van der Waals surface area (Å²) in [6.07, 6.45) is 1.79. The van der Waals surface area contributed by atoms with E-state index in [-0.39, 0.29) is 11.2 Å². The van der Waals surface area contributed by atoms with Crippen LogP contribution in [-0.4, -0.2) is 27.8 Å². The number of likely N-dealkylation sites (N-methyl/N-ethyl adjacent to an activating group) is 1. The zero-order valence-electron chi connectivity index (χ0n) is 19.7. The quantitative estimate of drug-likeness (QED) is 0.229. The van der Waals surface area contributed by atoms with Gasteiger partial charge in [0.2, 0.25) is 0 Å². The lowest BCUT2D eigenvalue weighted by atomic mass is 9.83. The van der Waals surface area contributed by atoms with Gasteiger partial charge in [-0.25, -0.2) is 9.97 Å². The molecule has 172 valence electrons. The van der Waals surface area contributed by atoms with Crippen LogP contribution in [0.5, 0.6) is 0 Å². The molecule has 1 aliphatic rings. The third-order valence-electron chi connectivity index (χ3n) is 6.74. The van der Waals surface area contributed by atoms with Crippen molar-refractivity contribution in [2.45, 2.75) is 29.4 Å². The second-order valence-corrected chi connectivity index (χ2v) is 10.3. The maximum absolute atomic E-state index is 13.8. The van der Waals surface area contributed by atoms with Crippen LogP contribution in [0, 0.1) is 0 Å². The topological polar surface area (TPSA) is 61.9 Å². The van der Waals surface area contributed by atoms with E-state index in [1.807, 2.05) is 67.7 Å². The van der Waals surface area contributed by atoms with Crippen molar-refractivity contribution < 1.29 is 4.79 Å². The first-order valence-corrected chi connectivity index (χ1v) is 12.4. The van der Waals surface area contributed by atoms with Crippen LogP contribution in [-0.2, 0) is 5.41 Å². The molecule has 0 spiro atoms. The van der Waals surface area contributed by atoms with Crippen LogP contribution in [0.3, 0.4) is 0 Å². The molecule has 1 N–H and O–H groups in total. The van der Waals surface area contributed by atoms with E-state index in [1.165, 1.54) is 17.3 Å². The van der Waals surface area contributed by atoms with E-state index in [1.54, 1.807) is 6.08 Å². The van der Waals surface area contributed by atoms with Crippen molar-refractivity contribution in [3.05, 3.63) is 102 Å². The van der Waals surface area contributed by atoms with Gasteiger partial charge in [-0.05, 0) is 47.7 Å². The second-order valence-electron chi connectivity index (χ2n) is 9.28. The van der Waals surface area contributed by atoms with Crippen LogP contribution in [0.25, 0.3) is 21.9 Å². The molecule has 6 heteroatoms. The number of fused-ring (bicyclic) bond motifs is 3. The Labute approximate surface area is 207 Å². The smallest absolute Gasteiger partial charge is 0.188 e. The number of benzene rings is 3. The van der Waals surface area contributed by atoms with Gasteiger partial charge in [-0.1, -0.05) is 62.4 Å². The fourth-order valence-corrected chi connectivity index (χ4v) is 5.77. The molecule has 0 radical (unpaired) electrons. The SMILES string of the molecule is CN1C(=CC(=O)c2cc(Sc3nc4ccccc4[nH]3)nc3ccccc23)C(C)(C)c2ccccc21. The molecule has 6 rings (SSSR count). The number of carbonyl (C=O) groups excluding carboxylic acids is 1. The van der Waals surface area contributed by atoms with Gasteiger partial charge in [0.25, 0.3) is 0 Å². The first-order valence-electron chi connectivity index (χ1n) is 11.5. The lowest BCUT2D eigenvalue weighted by molar-refractivity contribution is 0.104. The number of allylic oxidation sites excluding steroid dienone is 2. The zero-order chi connectivity index (χ0) is 24.2. The largest absolute Gasteiger partial charge is 0.347 e. The monoisotopic (exact) mass is 476 g/mol. The number of imidazole rings is 1. The lowest BCUT2D eigenvalue weighted by Gasteiger charge is -2.24. The maximum atomic E-state index is 13.8. The Hall–Kier alpha value is -3.90. The van der Waals surface area contributed by atoms with Crippen molar-refractivity contribution in [1.29, 1.82) is 0 Å². The van der Waals surface area contributed by atoms with Gasteiger partial charge >= 0.3 is 0 Å². The highest BCUT2D eigenvalue weighted by Crippen LogP contribution is 2.46. The number of aromatic amines is 1. The molecule has 0 bridgehead atoms. The van der Waals surface area contributed by atoms with Crippen LogP contribution in [0.15, 0.2) is 101 Å². The molecule has 2 aromatic heterocycles. The molecule has 0 saturated carbocycles. The Balaban J connectivity index is 1.42. The van der Waals surface area contributed by atoms with E-state index in [9.17, 15) is 4.79 Å². The van der Waals surface area contributed by atoms with Gasteiger partial charge in [0.05, 0.1) is 16.6 Å². The zero-order valence-corrected chi connectivity index (χ0v) is 20.6. The van der Waals surface area contributed by atoms with Crippen LogP contribution in [0.4, 0.5) is 5.69 Å². The lowest BCUT2D eigenvalue weighted by Crippen LogP contribution is -2.24. The van der Waals surface area contributed by atoms with Crippen LogP contribution in [0.2, 0.25) is 0 Å². The number of aromatic nitrogens is 3. The Kier molecular flexibility index (Phi) is 5.00. The molecule has 3 aromatic carbocycles. The summed E-state index contributed by atoms with van der Waals surface area (Å²) in [5, 5.41) is 2.32. The van der Waals surface area contributed by atoms with E-state index < -0.39 is 0 Å². The number of carbonyl (C=O) groups is 1. The Morgan fingerprint density at radius 1 is 0.943 bits per heavy atom. The molecule has 0 unspecified atom stereocenters. The van der Waals surface area contributed by atoms with Gasteiger partial charge in [0.15, 0.2) is 10.9 Å². The molecule has 3 heterocycles. The summed E-state index contributed by atoms with van der Waals surface area (Å²) in [6.45, 7) is 4.34. The van der Waals surface area contributed by atoms with Crippen molar-refractivity contribution in [1.82, 2.24) is 15.0 Å². The Bertz CT molecular complexity index is 1620. The van der Waals surface area contributed by atoms with Crippen LogP contribution in [0.1, 0.15) is 29.8 Å². The molecule has 0 aliphatic carbocycles. The highest BCUT2D eigenvalue weighted by atomic mass is 32.2. The summed E-state index contributed by atoms with van der Waals surface area (Å²) in [6, 6.07) is 25.9. The minimum atomic E-state index is -0.268. The highest BCUT2D eigenvalue weighted by Gasteiger charge is 2.38. The summed E-state index contributed by atoms with van der Waals surface area (Å²) < 4.78 is 0. The van der Waals surface area contributed by atoms with E-state index in [2.05, 4.69) is 46.9 Å². The number of ketones is 1. The summed E-state index contributed by atoms with van der Waals surface area (Å²) in [4.78, 5) is 28.7. The molecule has 5 nitrogen and oxygen atoms in total. The standard InChI is InChI=1S/C29H24N4OS/c1-29(2)20-11-5-9-15-24(20)33(3)26(29)17-25(34)19-16-27(30-21-12-6-4-10-18(19)21)35-28-31-22-13-7-8-14-23(22)32-28/h4-17H,1-3H3,(H,31,32). The molecule has 0 saturated heterocycles. The van der Waals surface area contributed by atoms with Gasteiger partial charge in [-0.2, -0.15) is 0 Å². The predicted molar refractivity (Wildman–Crippen MR) is 142 cm³/mol. The van der Waals surface area contributed by atoms with Gasteiger partial charge in [0.1, 0.15) is 5.03 Å². The van der Waals surface area contributed by atoms with Crippen molar-refractivity contribution in [3.8, 4) is 0 Å². The van der Waals surface area contributed by atoms with Crippen LogP contribution < -0.4 is 4.90 Å². The number of H-pyrrole nitrogens is 1. The average Bonchev–Trinajstić information content (AvgIpc) is 3.35. The van der Waals surface area contributed by atoms with Gasteiger partial charge in [-0.15, -0.1) is 0 Å². The Morgan fingerprint density at radius 3 is 2.46 bits per heavy atom. The summed E-state index contributed by atoms with van der Waals surface area (Å²) in [5.74, 6) is -0.0298. The number of para-hydroxylation sites is 4. The van der Waals surface area contributed by atoms with Gasteiger partial charge in [0, 0.05) is 40.9 Å². The first kappa shape index (κ1) is 21.6. The fourth-order valence-electron chi connectivity index (χ4n) is 4.94. The normalized spacial score (nSPS) is 15.7.